The van der Waals surface area contributed by atoms with Crippen molar-refractivity contribution in [1.29, 1.82) is 0 Å². The Balaban J connectivity index is 1.37. The van der Waals surface area contributed by atoms with Crippen molar-refractivity contribution in [3.63, 3.8) is 0 Å². The molecule has 0 aliphatic heterocycles. The standard InChI is InChI=1S/C24H19F2N3O4/c1-31-16-5-7-17(8-6-16)32-24-20(3-2-12-27-24)29-22(30)10-11-23-28-14-21(33-23)18-9-4-15(25)13-19(18)26/h2-9,12-14H,10-11H2,1H3,(H,29,30). The number of pyridine rings is 1. The monoisotopic (exact) mass is 451 g/mol. The quantitative estimate of drug-likeness (QED) is 0.387. The van der Waals surface area contributed by atoms with Crippen LogP contribution in [-0.4, -0.2) is 23.0 Å². The highest BCUT2D eigenvalue weighted by molar-refractivity contribution is 5.92. The number of aromatic nitrogens is 2. The Labute approximate surface area is 188 Å². The number of ether oxygens (including phenoxy) is 2. The zero-order chi connectivity index (χ0) is 23.2. The molecular formula is C24H19F2N3O4. The number of oxazole rings is 1. The summed E-state index contributed by atoms with van der Waals surface area (Å²) in [5.74, 6) is 0.125. The lowest BCUT2D eigenvalue weighted by Crippen LogP contribution is -2.13. The molecule has 33 heavy (non-hydrogen) atoms. The lowest BCUT2D eigenvalue weighted by molar-refractivity contribution is -0.116. The highest BCUT2D eigenvalue weighted by Gasteiger charge is 2.14. The van der Waals surface area contributed by atoms with Gasteiger partial charge in [-0.15, -0.1) is 0 Å². The van der Waals surface area contributed by atoms with Crippen molar-refractivity contribution < 1.29 is 27.5 Å². The summed E-state index contributed by atoms with van der Waals surface area (Å²) in [5.41, 5.74) is 0.495. The van der Waals surface area contributed by atoms with Gasteiger partial charge in [0.2, 0.25) is 11.8 Å². The van der Waals surface area contributed by atoms with Crippen LogP contribution < -0.4 is 14.8 Å². The Morgan fingerprint density at radius 2 is 1.85 bits per heavy atom. The fourth-order valence-electron chi connectivity index (χ4n) is 3.00. The number of nitrogens with one attached hydrogen (secondary N) is 1. The zero-order valence-corrected chi connectivity index (χ0v) is 17.5. The number of carbonyl (C=O) groups is 1. The highest BCUT2D eigenvalue weighted by atomic mass is 19.1. The molecule has 9 heteroatoms. The first kappa shape index (κ1) is 21.9. The van der Waals surface area contributed by atoms with Crippen LogP contribution in [0.25, 0.3) is 11.3 Å². The smallest absolute Gasteiger partial charge is 0.243 e. The van der Waals surface area contributed by atoms with Gasteiger partial charge < -0.3 is 19.2 Å². The summed E-state index contributed by atoms with van der Waals surface area (Å²) in [6, 6.07) is 13.5. The second kappa shape index (κ2) is 9.90. The minimum atomic E-state index is -0.753. The van der Waals surface area contributed by atoms with Crippen molar-refractivity contribution >= 4 is 11.6 Å². The van der Waals surface area contributed by atoms with Crippen LogP contribution >= 0.6 is 0 Å². The summed E-state index contributed by atoms with van der Waals surface area (Å²) < 4.78 is 43.4. The van der Waals surface area contributed by atoms with E-state index in [1.165, 1.54) is 12.3 Å². The first-order valence-corrected chi connectivity index (χ1v) is 9.99. The number of hydrogen-bond acceptors (Lipinski definition) is 6. The molecule has 0 unspecified atom stereocenters. The van der Waals surface area contributed by atoms with Gasteiger partial charge in [-0.25, -0.2) is 18.7 Å². The van der Waals surface area contributed by atoms with Crippen LogP contribution in [0.4, 0.5) is 14.5 Å². The van der Waals surface area contributed by atoms with Crippen LogP contribution in [0.5, 0.6) is 17.4 Å². The maximum Gasteiger partial charge on any atom is 0.243 e. The van der Waals surface area contributed by atoms with Crippen LogP contribution in [0.15, 0.2) is 71.4 Å². The number of anilines is 1. The molecule has 0 radical (unpaired) electrons. The first-order valence-electron chi connectivity index (χ1n) is 9.99. The Kier molecular flexibility index (Phi) is 6.58. The SMILES string of the molecule is COc1ccc(Oc2ncccc2NC(=O)CCc2ncc(-c3ccc(F)cc3F)o2)cc1. The van der Waals surface area contributed by atoms with Crippen molar-refractivity contribution in [2.75, 3.05) is 12.4 Å². The number of methoxy groups -OCH3 is 1. The predicted octanol–water partition coefficient (Wildman–Crippen LogP) is 5.39. The van der Waals surface area contributed by atoms with Gasteiger partial charge in [-0.2, -0.15) is 0 Å². The van der Waals surface area contributed by atoms with Crippen LogP contribution in [0, 0.1) is 11.6 Å². The zero-order valence-electron chi connectivity index (χ0n) is 17.5. The van der Waals surface area contributed by atoms with Crippen LogP contribution in [0.2, 0.25) is 0 Å². The van der Waals surface area contributed by atoms with E-state index < -0.39 is 11.6 Å². The molecule has 0 atom stereocenters. The van der Waals surface area contributed by atoms with Gasteiger partial charge in [0.1, 0.15) is 28.8 Å². The molecule has 4 rings (SSSR count). The third-order valence-corrected chi connectivity index (χ3v) is 4.64. The van der Waals surface area contributed by atoms with Crippen LogP contribution in [-0.2, 0) is 11.2 Å². The average molecular weight is 451 g/mol. The number of aryl methyl sites for hydroxylation is 1. The van der Waals surface area contributed by atoms with E-state index in [1.807, 2.05) is 0 Å². The summed E-state index contributed by atoms with van der Waals surface area (Å²) in [6.45, 7) is 0. The van der Waals surface area contributed by atoms with Crippen LogP contribution in [0.1, 0.15) is 12.3 Å². The van der Waals surface area contributed by atoms with E-state index in [0.717, 1.165) is 12.1 Å². The van der Waals surface area contributed by atoms with Gasteiger partial charge in [0.15, 0.2) is 11.7 Å². The van der Waals surface area contributed by atoms with Gasteiger partial charge in [-0.1, -0.05) is 0 Å². The Morgan fingerprint density at radius 3 is 2.61 bits per heavy atom. The maximum absolute atomic E-state index is 13.9. The van der Waals surface area contributed by atoms with Gasteiger partial charge in [0.25, 0.3) is 0 Å². The lowest BCUT2D eigenvalue weighted by atomic mass is 10.2. The predicted molar refractivity (Wildman–Crippen MR) is 116 cm³/mol. The fraction of sp³-hybridized carbons (Fsp3) is 0.125. The molecule has 0 spiro atoms. The molecule has 0 aliphatic rings. The minimum absolute atomic E-state index is 0.0583. The van der Waals surface area contributed by atoms with E-state index in [-0.39, 0.29) is 41.8 Å². The van der Waals surface area contributed by atoms with E-state index in [4.69, 9.17) is 13.9 Å². The minimum Gasteiger partial charge on any atom is -0.497 e. The molecular weight excluding hydrogens is 432 g/mol. The number of halogens is 2. The molecule has 2 aromatic heterocycles. The van der Waals surface area contributed by atoms with Crippen molar-refractivity contribution in [2.24, 2.45) is 0 Å². The van der Waals surface area contributed by atoms with E-state index in [1.54, 1.807) is 49.7 Å². The van der Waals surface area contributed by atoms with Gasteiger partial charge >= 0.3 is 0 Å². The molecule has 7 nitrogen and oxygen atoms in total. The number of nitrogens with zero attached hydrogens (tertiary/aromatic N) is 2. The summed E-state index contributed by atoms with van der Waals surface area (Å²) in [4.78, 5) is 20.7. The summed E-state index contributed by atoms with van der Waals surface area (Å²) >= 11 is 0. The Hall–Kier alpha value is -4.27. The van der Waals surface area contributed by atoms with Gasteiger partial charge in [0.05, 0.1) is 18.9 Å². The summed E-state index contributed by atoms with van der Waals surface area (Å²) in [5, 5.41) is 2.76. The number of carbonyl (C=O) groups excluding carboxylic acids is 1. The van der Waals surface area contributed by atoms with E-state index in [2.05, 4.69) is 15.3 Å². The van der Waals surface area contributed by atoms with E-state index in [9.17, 15) is 13.6 Å². The van der Waals surface area contributed by atoms with E-state index in [0.29, 0.717) is 17.2 Å². The van der Waals surface area contributed by atoms with E-state index >= 15 is 0 Å². The maximum atomic E-state index is 13.9. The fourth-order valence-corrected chi connectivity index (χ4v) is 3.00. The number of benzene rings is 2. The molecule has 1 N–H and O–H groups in total. The molecule has 0 bridgehead atoms. The van der Waals surface area contributed by atoms with Gasteiger partial charge in [0, 0.05) is 25.1 Å². The lowest BCUT2D eigenvalue weighted by Gasteiger charge is -2.11. The molecule has 1 amide bonds. The molecule has 168 valence electrons. The molecule has 0 fully saturated rings. The number of rotatable bonds is 8. The normalized spacial score (nSPS) is 10.6. The Morgan fingerprint density at radius 1 is 1.06 bits per heavy atom. The summed E-state index contributed by atoms with van der Waals surface area (Å²) in [7, 11) is 1.57. The topological polar surface area (TPSA) is 86.5 Å². The highest BCUT2D eigenvalue weighted by Crippen LogP contribution is 2.28. The second-order valence-corrected chi connectivity index (χ2v) is 6.92. The molecule has 4 aromatic rings. The average Bonchev–Trinajstić information content (AvgIpc) is 3.28. The number of hydrogen-bond donors (Lipinski definition) is 1. The molecule has 2 heterocycles. The van der Waals surface area contributed by atoms with Crippen molar-refractivity contribution in [3.05, 3.63) is 84.5 Å². The van der Waals surface area contributed by atoms with Gasteiger partial charge in [-0.3, -0.25) is 4.79 Å². The van der Waals surface area contributed by atoms with Crippen molar-refractivity contribution in [2.45, 2.75) is 12.8 Å². The molecule has 2 aromatic carbocycles. The second-order valence-electron chi connectivity index (χ2n) is 6.92. The molecule has 0 saturated carbocycles. The van der Waals surface area contributed by atoms with Crippen LogP contribution in [0.3, 0.4) is 0 Å². The van der Waals surface area contributed by atoms with Crippen molar-refractivity contribution in [1.82, 2.24) is 9.97 Å². The van der Waals surface area contributed by atoms with Crippen molar-refractivity contribution in [3.8, 4) is 28.7 Å². The molecule has 0 saturated heterocycles. The van der Waals surface area contributed by atoms with Gasteiger partial charge in [-0.05, 0) is 48.5 Å². The first-order chi connectivity index (χ1) is 16.0. The number of amides is 1. The third kappa shape index (κ3) is 5.51. The Bertz CT molecular complexity index is 1260. The third-order valence-electron chi connectivity index (χ3n) is 4.64. The molecule has 0 aliphatic carbocycles. The summed E-state index contributed by atoms with van der Waals surface area (Å²) in [6.07, 6.45) is 3.13. The largest absolute Gasteiger partial charge is 0.497 e.